The van der Waals surface area contributed by atoms with Crippen LogP contribution in [0.5, 0.6) is 5.75 Å². The van der Waals surface area contributed by atoms with E-state index in [9.17, 15) is 10.2 Å². The highest BCUT2D eigenvalue weighted by molar-refractivity contribution is 5.39. The van der Waals surface area contributed by atoms with Crippen LogP contribution in [0, 0.1) is 6.92 Å². The summed E-state index contributed by atoms with van der Waals surface area (Å²) in [7, 11) is 0. The van der Waals surface area contributed by atoms with Crippen LogP contribution < -0.4 is 0 Å². The van der Waals surface area contributed by atoms with Crippen molar-refractivity contribution in [1.29, 1.82) is 0 Å². The van der Waals surface area contributed by atoms with Crippen LogP contribution in [0.3, 0.4) is 0 Å². The molecule has 0 unspecified atom stereocenters. The van der Waals surface area contributed by atoms with Gasteiger partial charge in [0.15, 0.2) is 0 Å². The molecule has 0 heterocycles. The van der Waals surface area contributed by atoms with Gasteiger partial charge in [0, 0.05) is 5.56 Å². The van der Waals surface area contributed by atoms with Gasteiger partial charge >= 0.3 is 0 Å². The molecule has 2 nitrogen and oxygen atoms in total. The summed E-state index contributed by atoms with van der Waals surface area (Å²) in [6, 6.07) is 14.5. The second-order valence-corrected chi connectivity index (χ2v) is 3.87. The summed E-state index contributed by atoms with van der Waals surface area (Å²) in [5, 5.41) is 19.7. The molecule has 2 aromatic carbocycles. The van der Waals surface area contributed by atoms with Gasteiger partial charge in [0.25, 0.3) is 0 Å². The van der Waals surface area contributed by atoms with E-state index in [1.165, 1.54) is 0 Å². The topological polar surface area (TPSA) is 40.5 Å². The highest BCUT2D eigenvalue weighted by Crippen LogP contribution is 2.28. The molecule has 0 amide bonds. The highest BCUT2D eigenvalue weighted by atomic mass is 16.3. The fraction of sp³-hybridized carbons (Fsp3) is 0.143. The van der Waals surface area contributed by atoms with Crippen molar-refractivity contribution < 1.29 is 10.2 Å². The van der Waals surface area contributed by atoms with Crippen molar-refractivity contribution in [3.8, 4) is 5.75 Å². The molecule has 0 aromatic heterocycles. The maximum absolute atomic E-state index is 10.1. The van der Waals surface area contributed by atoms with Gasteiger partial charge in [-0.25, -0.2) is 0 Å². The summed E-state index contributed by atoms with van der Waals surface area (Å²) in [5.74, 6) is 0.121. The van der Waals surface area contributed by atoms with Crippen molar-refractivity contribution in [2.45, 2.75) is 13.0 Å². The maximum Gasteiger partial charge on any atom is 0.121 e. The van der Waals surface area contributed by atoms with Gasteiger partial charge in [-0.15, -0.1) is 0 Å². The minimum Gasteiger partial charge on any atom is -0.508 e. The SMILES string of the molecule is Cc1ccc([C@@H](O)c2ccccc2O)cc1. The smallest absolute Gasteiger partial charge is 0.121 e. The molecule has 0 aliphatic rings. The zero-order valence-electron chi connectivity index (χ0n) is 9.09. The van der Waals surface area contributed by atoms with Crippen molar-refractivity contribution >= 4 is 0 Å². The van der Waals surface area contributed by atoms with Crippen molar-refractivity contribution in [3.63, 3.8) is 0 Å². The number of para-hydroxylation sites is 1. The van der Waals surface area contributed by atoms with Crippen molar-refractivity contribution in [2.75, 3.05) is 0 Å². The molecule has 82 valence electrons. The van der Waals surface area contributed by atoms with Crippen LogP contribution in [0.15, 0.2) is 48.5 Å². The molecule has 0 aliphatic carbocycles. The van der Waals surface area contributed by atoms with Crippen LogP contribution in [-0.4, -0.2) is 10.2 Å². The second kappa shape index (κ2) is 4.37. The summed E-state index contributed by atoms with van der Waals surface area (Å²) >= 11 is 0. The molecule has 0 fully saturated rings. The van der Waals surface area contributed by atoms with E-state index in [0.29, 0.717) is 5.56 Å². The number of aryl methyl sites for hydroxylation is 1. The van der Waals surface area contributed by atoms with Crippen LogP contribution in [-0.2, 0) is 0 Å². The van der Waals surface area contributed by atoms with Gasteiger partial charge < -0.3 is 10.2 Å². The monoisotopic (exact) mass is 214 g/mol. The van der Waals surface area contributed by atoms with E-state index >= 15 is 0 Å². The van der Waals surface area contributed by atoms with E-state index in [0.717, 1.165) is 11.1 Å². The third kappa shape index (κ3) is 2.07. The Labute approximate surface area is 94.8 Å². The average Bonchev–Trinajstić information content (AvgIpc) is 2.30. The number of aliphatic hydroxyl groups excluding tert-OH is 1. The molecular formula is C14H14O2. The van der Waals surface area contributed by atoms with E-state index in [4.69, 9.17) is 0 Å². The maximum atomic E-state index is 10.1. The molecule has 1 atom stereocenters. The summed E-state index contributed by atoms with van der Waals surface area (Å²) in [6.45, 7) is 2.00. The van der Waals surface area contributed by atoms with E-state index in [1.807, 2.05) is 31.2 Å². The number of hydrogen-bond donors (Lipinski definition) is 2. The van der Waals surface area contributed by atoms with Crippen molar-refractivity contribution in [1.82, 2.24) is 0 Å². The highest BCUT2D eigenvalue weighted by Gasteiger charge is 2.13. The molecule has 2 N–H and O–H groups in total. The minimum absolute atomic E-state index is 0.121. The number of benzene rings is 2. The average molecular weight is 214 g/mol. The molecule has 2 rings (SSSR count). The van der Waals surface area contributed by atoms with Crippen LogP contribution in [0.4, 0.5) is 0 Å². The Bertz CT molecular complexity index is 474. The van der Waals surface area contributed by atoms with Crippen LogP contribution >= 0.6 is 0 Å². The molecule has 0 saturated carbocycles. The third-order valence-corrected chi connectivity index (χ3v) is 2.62. The Kier molecular flexibility index (Phi) is 2.93. The Morgan fingerprint density at radius 3 is 2.19 bits per heavy atom. The fourth-order valence-electron chi connectivity index (χ4n) is 1.65. The first-order chi connectivity index (χ1) is 7.68. The van der Waals surface area contributed by atoms with Gasteiger partial charge in [-0.3, -0.25) is 0 Å². The summed E-state index contributed by atoms with van der Waals surface area (Å²) in [5.41, 5.74) is 2.46. The third-order valence-electron chi connectivity index (χ3n) is 2.62. The number of aromatic hydroxyl groups is 1. The zero-order chi connectivity index (χ0) is 11.5. The second-order valence-electron chi connectivity index (χ2n) is 3.87. The number of hydrogen-bond acceptors (Lipinski definition) is 2. The molecular weight excluding hydrogens is 200 g/mol. The van der Waals surface area contributed by atoms with Crippen molar-refractivity contribution in [2.24, 2.45) is 0 Å². The standard InChI is InChI=1S/C14H14O2/c1-10-6-8-11(9-7-10)14(16)12-4-2-3-5-13(12)15/h2-9,14-16H,1H3/t14-/m1/s1. The first-order valence-corrected chi connectivity index (χ1v) is 5.21. The van der Waals surface area contributed by atoms with Gasteiger partial charge in [0.05, 0.1) is 0 Å². The van der Waals surface area contributed by atoms with E-state index in [1.54, 1.807) is 24.3 Å². The number of rotatable bonds is 2. The summed E-state index contributed by atoms with van der Waals surface area (Å²) in [4.78, 5) is 0. The van der Waals surface area contributed by atoms with Gasteiger partial charge in [-0.05, 0) is 18.6 Å². The molecule has 0 spiro atoms. The lowest BCUT2D eigenvalue weighted by atomic mass is 10.00. The van der Waals surface area contributed by atoms with Gasteiger partial charge in [-0.2, -0.15) is 0 Å². The van der Waals surface area contributed by atoms with Crippen LogP contribution in [0.25, 0.3) is 0 Å². The lowest BCUT2D eigenvalue weighted by Crippen LogP contribution is -1.99. The molecule has 2 heteroatoms. The summed E-state index contributed by atoms with van der Waals surface area (Å²) in [6.07, 6.45) is -0.776. The number of phenolic OH excluding ortho intramolecular Hbond substituents is 1. The molecule has 0 saturated heterocycles. The molecule has 0 aliphatic heterocycles. The fourth-order valence-corrected chi connectivity index (χ4v) is 1.65. The predicted octanol–water partition coefficient (Wildman–Crippen LogP) is 2.78. The molecule has 2 aromatic rings. The number of phenols is 1. The molecule has 16 heavy (non-hydrogen) atoms. The van der Waals surface area contributed by atoms with Crippen LogP contribution in [0.2, 0.25) is 0 Å². The summed E-state index contributed by atoms with van der Waals surface area (Å²) < 4.78 is 0. The van der Waals surface area contributed by atoms with E-state index < -0.39 is 6.10 Å². The Balaban J connectivity index is 2.35. The van der Waals surface area contributed by atoms with Gasteiger partial charge in [0.2, 0.25) is 0 Å². The van der Waals surface area contributed by atoms with Gasteiger partial charge in [-0.1, -0.05) is 48.0 Å². The van der Waals surface area contributed by atoms with E-state index in [2.05, 4.69) is 0 Å². The Morgan fingerprint density at radius 1 is 0.938 bits per heavy atom. The largest absolute Gasteiger partial charge is 0.508 e. The first-order valence-electron chi connectivity index (χ1n) is 5.21. The minimum atomic E-state index is -0.776. The van der Waals surface area contributed by atoms with Crippen LogP contribution in [0.1, 0.15) is 22.8 Å². The molecule has 0 radical (unpaired) electrons. The van der Waals surface area contributed by atoms with Crippen molar-refractivity contribution in [3.05, 3.63) is 65.2 Å². The quantitative estimate of drug-likeness (QED) is 0.807. The normalized spacial score (nSPS) is 12.4. The Hall–Kier alpha value is -1.80. The van der Waals surface area contributed by atoms with E-state index in [-0.39, 0.29) is 5.75 Å². The van der Waals surface area contributed by atoms with Gasteiger partial charge in [0.1, 0.15) is 11.9 Å². The predicted molar refractivity (Wildman–Crippen MR) is 63.3 cm³/mol. The first kappa shape index (κ1) is 10.7. The Morgan fingerprint density at radius 2 is 1.56 bits per heavy atom. The zero-order valence-corrected chi connectivity index (χ0v) is 9.09. The molecule has 0 bridgehead atoms. The lowest BCUT2D eigenvalue weighted by Gasteiger charge is -2.13. The lowest BCUT2D eigenvalue weighted by molar-refractivity contribution is 0.215. The number of aliphatic hydroxyl groups is 1.